The van der Waals surface area contributed by atoms with E-state index in [1.807, 2.05) is 0 Å². The molecule has 0 aliphatic carbocycles. The van der Waals surface area contributed by atoms with E-state index in [9.17, 15) is 4.79 Å². The van der Waals surface area contributed by atoms with Crippen LogP contribution in [0.5, 0.6) is 5.88 Å². The molecule has 1 aliphatic rings. The molecule has 10 nitrogen and oxygen atoms in total. The summed E-state index contributed by atoms with van der Waals surface area (Å²) in [4.78, 5) is 24.5. The molecular formula is C31H31Cl2F2N7O3. The fraction of sp³-hybridized carbons (Fsp3) is 0.290. The summed E-state index contributed by atoms with van der Waals surface area (Å²) in [5.74, 6) is -1.03. The first-order valence-electron chi connectivity index (χ1n) is 14.2. The number of aromatic nitrogens is 3. The number of nitrogens with zero attached hydrogens (tertiary/aromatic N) is 3. The van der Waals surface area contributed by atoms with Gasteiger partial charge in [-0.05, 0) is 24.6 Å². The van der Waals surface area contributed by atoms with Crippen molar-refractivity contribution in [2.45, 2.75) is 32.0 Å². The molecule has 1 aromatic carbocycles. The average Bonchev–Trinajstić information content (AvgIpc) is 3.45. The van der Waals surface area contributed by atoms with Crippen molar-refractivity contribution in [1.29, 1.82) is 0 Å². The SMILES string of the molecule is COc1nc(-c2ccnc(-c3cccc(Nc4nccc(CNCCO)c4F)c3Cl)c2Cl)cc(F)c1CNC[C@@H]1CCC(=O)N1. The van der Waals surface area contributed by atoms with Crippen LogP contribution >= 0.6 is 23.2 Å². The van der Waals surface area contributed by atoms with Crippen LogP contribution in [0, 0.1) is 11.6 Å². The Labute approximate surface area is 268 Å². The Balaban J connectivity index is 1.40. The van der Waals surface area contributed by atoms with Crippen LogP contribution in [0.4, 0.5) is 20.3 Å². The minimum atomic E-state index is -0.562. The van der Waals surface area contributed by atoms with Gasteiger partial charge in [-0.3, -0.25) is 9.78 Å². The first-order valence-corrected chi connectivity index (χ1v) is 15.0. The third kappa shape index (κ3) is 7.48. The summed E-state index contributed by atoms with van der Waals surface area (Å²) < 4.78 is 36.0. The monoisotopic (exact) mass is 657 g/mol. The van der Waals surface area contributed by atoms with Crippen LogP contribution < -0.4 is 26.0 Å². The number of pyridine rings is 3. The lowest BCUT2D eigenvalue weighted by atomic mass is 10.0. The van der Waals surface area contributed by atoms with Gasteiger partial charge in [0.25, 0.3) is 0 Å². The van der Waals surface area contributed by atoms with Crippen molar-refractivity contribution in [3.63, 3.8) is 0 Å². The summed E-state index contributed by atoms with van der Waals surface area (Å²) in [7, 11) is 1.41. The number of benzene rings is 1. The number of hydrogen-bond donors (Lipinski definition) is 5. The van der Waals surface area contributed by atoms with Crippen molar-refractivity contribution in [2.75, 3.05) is 32.1 Å². The molecule has 1 fully saturated rings. The minimum absolute atomic E-state index is 0.00602. The van der Waals surface area contributed by atoms with Gasteiger partial charge in [0.05, 0.1) is 46.4 Å². The Morgan fingerprint density at radius 2 is 1.89 bits per heavy atom. The highest BCUT2D eigenvalue weighted by atomic mass is 35.5. The molecule has 5 N–H and O–H groups in total. The van der Waals surface area contributed by atoms with E-state index in [2.05, 4.69) is 36.2 Å². The van der Waals surface area contributed by atoms with Crippen LogP contribution in [0.25, 0.3) is 22.5 Å². The molecule has 45 heavy (non-hydrogen) atoms. The summed E-state index contributed by atoms with van der Waals surface area (Å²) in [6.07, 6.45) is 4.18. The van der Waals surface area contributed by atoms with E-state index < -0.39 is 11.6 Å². The van der Waals surface area contributed by atoms with E-state index in [-0.39, 0.29) is 64.6 Å². The third-order valence-electron chi connectivity index (χ3n) is 7.25. The second kappa shape index (κ2) is 14.9. The van der Waals surface area contributed by atoms with Crippen molar-refractivity contribution < 1.29 is 23.4 Å². The zero-order chi connectivity index (χ0) is 31.9. The Morgan fingerprint density at radius 3 is 2.64 bits per heavy atom. The predicted octanol–water partition coefficient (Wildman–Crippen LogP) is 4.99. The van der Waals surface area contributed by atoms with Gasteiger partial charge in [-0.2, -0.15) is 0 Å². The number of aliphatic hydroxyl groups excluding tert-OH is 1. The summed E-state index contributed by atoms with van der Waals surface area (Å²) in [5, 5.41) is 21.3. The van der Waals surface area contributed by atoms with E-state index in [1.54, 1.807) is 30.3 Å². The molecule has 236 valence electrons. The fourth-order valence-electron chi connectivity index (χ4n) is 4.96. The van der Waals surface area contributed by atoms with Crippen molar-refractivity contribution in [3.05, 3.63) is 81.6 Å². The molecule has 1 amide bonds. The van der Waals surface area contributed by atoms with Crippen LogP contribution in [0.15, 0.2) is 48.8 Å². The number of hydrogen-bond acceptors (Lipinski definition) is 9. The smallest absolute Gasteiger partial charge is 0.221 e. The largest absolute Gasteiger partial charge is 0.481 e. The highest BCUT2D eigenvalue weighted by Crippen LogP contribution is 2.41. The molecule has 4 heterocycles. The number of nitrogens with one attached hydrogen (secondary N) is 4. The summed E-state index contributed by atoms with van der Waals surface area (Å²) in [5.41, 5.74) is 2.36. The first kappa shape index (κ1) is 32.5. The fourth-order valence-corrected chi connectivity index (χ4v) is 5.54. The van der Waals surface area contributed by atoms with Crippen LogP contribution in [-0.4, -0.2) is 58.8 Å². The van der Waals surface area contributed by atoms with E-state index in [1.165, 1.54) is 25.6 Å². The van der Waals surface area contributed by atoms with Crippen LogP contribution in [0.3, 0.4) is 0 Å². The Kier molecular flexibility index (Phi) is 10.7. The molecule has 3 aromatic heterocycles. The topological polar surface area (TPSA) is 133 Å². The number of aliphatic hydroxyl groups is 1. The Hall–Kier alpha value is -3.94. The lowest BCUT2D eigenvalue weighted by Gasteiger charge is -2.16. The van der Waals surface area contributed by atoms with Gasteiger partial charge in [-0.1, -0.05) is 35.3 Å². The number of amides is 1. The number of halogens is 4. The number of anilines is 2. The van der Waals surface area contributed by atoms with Crippen LogP contribution in [-0.2, 0) is 17.9 Å². The molecule has 1 saturated heterocycles. The number of carbonyl (C=O) groups is 1. The highest BCUT2D eigenvalue weighted by molar-refractivity contribution is 6.39. The minimum Gasteiger partial charge on any atom is -0.481 e. The maximum Gasteiger partial charge on any atom is 0.221 e. The summed E-state index contributed by atoms with van der Waals surface area (Å²) in [6, 6.07) is 9.51. The molecule has 1 atom stereocenters. The maximum atomic E-state index is 15.4. The van der Waals surface area contributed by atoms with E-state index in [4.69, 9.17) is 33.0 Å². The number of methoxy groups -OCH3 is 1. The molecule has 14 heteroatoms. The van der Waals surface area contributed by atoms with Gasteiger partial charge in [-0.15, -0.1) is 0 Å². The van der Waals surface area contributed by atoms with Crippen LogP contribution in [0.2, 0.25) is 10.0 Å². The molecule has 0 saturated carbocycles. The van der Waals surface area contributed by atoms with Gasteiger partial charge in [-0.25, -0.2) is 18.7 Å². The van der Waals surface area contributed by atoms with Gasteiger partial charge < -0.3 is 31.1 Å². The summed E-state index contributed by atoms with van der Waals surface area (Å²) in [6.45, 7) is 1.10. The number of carbonyl (C=O) groups excluding carboxylic acids is 1. The van der Waals surface area contributed by atoms with Gasteiger partial charge >= 0.3 is 0 Å². The van der Waals surface area contributed by atoms with E-state index >= 15 is 8.78 Å². The highest BCUT2D eigenvalue weighted by Gasteiger charge is 2.23. The lowest BCUT2D eigenvalue weighted by Crippen LogP contribution is -2.35. The Morgan fingerprint density at radius 1 is 1.07 bits per heavy atom. The number of ether oxygens (including phenoxy) is 1. The van der Waals surface area contributed by atoms with Crippen LogP contribution in [0.1, 0.15) is 24.0 Å². The molecule has 0 radical (unpaired) electrons. The summed E-state index contributed by atoms with van der Waals surface area (Å²) >= 11 is 13.6. The van der Waals surface area contributed by atoms with Gasteiger partial charge in [0.15, 0.2) is 11.6 Å². The molecular weight excluding hydrogens is 627 g/mol. The van der Waals surface area contributed by atoms with Gasteiger partial charge in [0.1, 0.15) is 5.82 Å². The number of rotatable bonds is 13. The lowest BCUT2D eigenvalue weighted by molar-refractivity contribution is -0.119. The standard InChI is InChI=1S/C31H31Cl2F2N7O3/c1-45-31-21(16-37-15-18-5-6-25(44)40-18)22(34)13-24(42-31)19-8-10-38-29(27(19)33)20-3-2-4-23(26(20)32)41-30-28(35)17(7-9-39-30)14-36-11-12-43/h2-4,7-10,13,18,36-37,43H,5-6,11-12,14-16H2,1H3,(H,39,41)(H,40,44)/t18-/m0/s1. The Bertz CT molecular complexity index is 1700. The first-order chi connectivity index (χ1) is 21.8. The van der Waals surface area contributed by atoms with Gasteiger partial charge in [0, 0.05) is 73.8 Å². The molecule has 4 aromatic rings. The zero-order valence-corrected chi connectivity index (χ0v) is 25.8. The second-order valence-electron chi connectivity index (χ2n) is 10.3. The van der Waals surface area contributed by atoms with Crippen molar-refractivity contribution >= 4 is 40.6 Å². The van der Waals surface area contributed by atoms with Gasteiger partial charge in [0.2, 0.25) is 11.8 Å². The predicted molar refractivity (Wildman–Crippen MR) is 169 cm³/mol. The van der Waals surface area contributed by atoms with Crippen molar-refractivity contribution in [1.82, 2.24) is 30.9 Å². The molecule has 0 spiro atoms. The van der Waals surface area contributed by atoms with Crippen molar-refractivity contribution in [3.8, 4) is 28.4 Å². The second-order valence-corrected chi connectivity index (χ2v) is 11.0. The third-order valence-corrected chi connectivity index (χ3v) is 8.04. The molecule has 0 bridgehead atoms. The van der Waals surface area contributed by atoms with E-state index in [0.717, 1.165) is 6.42 Å². The quantitative estimate of drug-likeness (QED) is 0.126. The molecule has 1 aliphatic heterocycles. The maximum absolute atomic E-state index is 15.4. The normalized spacial score (nSPS) is 14.4. The molecule has 0 unspecified atom stereocenters. The zero-order valence-electron chi connectivity index (χ0n) is 24.3. The molecule has 5 rings (SSSR count). The van der Waals surface area contributed by atoms with E-state index in [0.29, 0.717) is 47.6 Å². The average molecular weight is 659 g/mol. The van der Waals surface area contributed by atoms with Crippen molar-refractivity contribution in [2.24, 2.45) is 0 Å².